The lowest BCUT2D eigenvalue weighted by Crippen LogP contribution is -2.57. The van der Waals surface area contributed by atoms with Crippen LogP contribution in [-0.4, -0.2) is 88.5 Å². The molecule has 4 aromatic carbocycles. The number of nitrogens with one attached hydrogen (secondary N) is 2. The van der Waals surface area contributed by atoms with Gasteiger partial charge in [-0.3, -0.25) is 19.2 Å². The van der Waals surface area contributed by atoms with Crippen LogP contribution in [0.25, 0.3) is 21.6 Å². The third-order valence-corrected chi connectivity index (χ3v) is 12.8. The van der Waals surface area contributed by atoms with Crippen LogP contribution in [0.2, 0.25) is 0 Å². The fourth-order valence-corrected chi connectivity index (χ4v) is 9.01. The first-order valence-electron chi connectivity index (χ1n) is 22.6. The van der Waals surface area contributed by atoms with Crippen molar-refractivity contribution >= 4 is 46.1 Å². The van der Waals surface area contributed by atoms with E-state index in [-0.39, 0.29) is 50.1 Å². The smallest absolute Gasteiger partial charge is 0.246 e. The van der Waals surface area contributed by atoms with E-state index in [0.717, 1.165) is 45.0 Å². The van der Waals surface area contributed by atoms with Gasteiger partial charge in [0.1, 0.15) is 24.4 Å². The average molecular weight is 898 g/mol. The van der Waals surface area contributed by atoms with Gasteiger partial charge in [0.25, 0.3) is 0 Å². The Kier molecular flexibility index (Phi) is 16.9. The van der Waals surface area contributed by atoms with Crippen LogP contribution in [0.3, 0.4) is 0 Å². The number of nitrogens with zero attached hydrogens (tertiary/aromatic N) is 3. The van der Waals surface area contributed by atoms with Gasteiger partial charge in [-0.1, -0.05) is 125 Å². The molecule has 342 valence electrons. The molecule has 4 amide bonds. The summed E-state index contributed by atoms with van der Waals surface area (Å²) in [6.07, 6.45) is 1.49. The number of hydrogen-bond acceptors (Lipinski definition) is 8. The number of likely N-dealkylation sites (N-methyl/N-ethyl adjacent to an activating group) is 1. The van der Waals surface area contributed by atoms with Gasteiger partial charge in [-0.2, -0.15) is 0 Å². The maximum absolute atomic E-state index is 14.0. The largest absolute Gasteiger partial charge is 0.492 e. The molecule has 1 saturated heterocycles. The summed E-state index contributed by atoms with van der Waals surface area (Å²) in [5.74, 6) is -0.407. The van der Waals surface area contributed by atoms with Gasteiger partial charge in [0.2, 0.25) is 23.6 Å². The number of rotatable bonds is 19. The number of likely N-dealkylation sites (tertiary alicyclic amines) is 1. The summed E-state index contributed by atoms with van der Waals surface area (Å²) >= 11 is 1.58. The van der Waals surface area contributed by atoms with Crippen LogP contribution in [0.4, 0.5) is 0 Å². The topological polar surface area (TPSA) is 141 Å². The average Bonchev–Trinajstić information content (AvgIpc) is 3.93. The number of ether oxygens (including phenoxy) is 1. The molecule has 0 spiro atoms. The number of thiazole rings is 1. The monoisotopic (exact) mass is 897 g/mol. The molecular formula is C53H63N5O6S. The summed E-state index contributed by atoms with van der Waals surface area (Å²) in [4.78, 5) is 62.2. The van der Waals surface area contributed by atoms with Crippen LogP contribution in [0.5, 0.6) is 5.75 Å². The van der Waals surface area contributed by atoms with E-state index in [2.05, 4.69) is 83.2 Å². The lowest BCUT2D eigenvalue weighted by Gasteiger charge is -2.35. The van der Waals surface area contributed by atoms with Gasteiger partial charge in [0, 0.05) is 39.4 Å². The van der Waals surface area contributed by atoms with Crippen LogP contribution in [0.1, 0.15) is 94.2 Å². The minimum atomic E-state index is -0.923. The molecule has 2 heterocycles. The molecule has 11 nitrogen and oxygen atoms in total. The summed E-state index contributed by atoms with van der Waals surface area (Å²) in [7, 11) is 1.75. The Bertz CT molecular complexity index is 2390. The summed E-state index contributed by atoms with van der Waals surface area (Å²) in [5, 5.41) is 16.4. The Hall–Kier alpha value is -6.11. The van der Waals surface area contributed by atoms with E-state index >= 15 is 0 Å². The Labute approximate surface area is 387 Å². The number of hydrogen-bond donors (Lipinski definition) is 3. The minimum absolute atomic E-state index is 0.00257. The molecule has 1 aromatic heterocycles. The van der Waals surface area contributed by atoms with Crippen molar-refractivity contribution in [3.8, 4) is 16.2 Å². The van der Waals surface area contributed by atoms with E-state index in [1.165, 1.54) is 21.6 Å². The Morgan fingerprint density at radius 3 is 2.12 bits per heavy atom. The van der Waals surface area contributed by atoms with Crippen molar-refractivity contribution in [2.75, 3.05) is 26.7 Å². The van der Waals surface area contributed by atoms with Crippen molar-refractivity contribution in [2.24, 2.45) is 5.41 Å². The van der Waals surface area contributed by atoms with Crippen LogP contribution in [0, 0.1) is 12.3 Å². The highest BCUT2D eigenvalue weighted by Crippen LogP contribution is 2.35. The number of allylic oxidation sites excluding steroid dienone is 1. The van der Waals surface area contributed by atoms with Crippen molar-refractivity contribution < 1.29 is 29.0 Å². The number of aliphatic hydroxyl groups excluding tert-OH is 1. The molecular weight excluding hydrogens is 835 g/mol. The fraction of sp³-hybridized carbons (Fsp3) is 0.377. The summed E-state index contributed by atoms with van der Waals surface area (Å²) < 4.78 is 6.06. The minimum Gasteiger partial charge on any atom is -0.492 e. The predicted octanol–water partition coefficient (Wildman–Crippen LogP) is 8.69. The number of unbranched alkanes of at least 4 members (excludes halogenated alkanes) is 1. The molecule has 0 bridgehead atoms. The molecule has 12 heteroatoms. The first kappa shape index (κ1) is 48.3. The molecule has 0 saturated carbocycles. The second-order valence-electron chi connectivity index (χ2n) is 17.8. The Morgan fingerprint density at radius 1 is 0.877 bits per heavy atom. The number of amides is 4. The highest BCUT2D eigenvalue weighted by Gasteiger charge is 2.44. The second kappa shape index (κ2) is 22.7. The molecule has 1 fully saturated rings. The number of benzene rings is 4. The Balaban J connectivity index is 0.941. The number of carbonyl (C=O) groups excluding carboxylic acids is 4. The van der Waals surface area contributed by atoms with Gasteiger partial charge in [0.15, 0.2) is 0 Å². The molecule has 0 radical (unpaired) electrons. The van der Waals surface area contributed by atoms with Crippen LogP contribution in [-0.2, 0) is 25.7 Å². The maximum atomic E-state index is 14.0. The zero-order chi connectivity index (χ0) is 46.5. The summed E-state index contributed by atoms with van der Waals surface area (Å²) in [6.45, 7) is 10.7. The predicted molar refractivity (Wildman–Crippen MR) is 259 cm³/mol. The highest BCUT2D eigenvalue weighted by molar-refractivity contribution is 7.13. The van der Waals surface area contributed by atoms with E-state index in [1.54, 1.807) is 23.3 Å². The van der Waals surface area contributed by atoms with Crippen molar-refractivity contribution in [3.63, 3.8) is 0 Å². The highest BCUT2D eigenvalue weighted by atomic mass is 32.1. The number of aryl methyl sites for hydroxylation is 1. The fourth-order valence-electron chi connectivity index (χ4n) is 8.19. The van der Waals surface area contributed by atoms with Crippen LogP contribution in [0.15, 0.2) is 115 Å². The van der Waals surface area contributed by atoms with Gasteiger partial charge >= 0.3 is 0 Å². The first-order chi connectivity index (χ1) is 31.2. The quantitative estimate of drug-likeness (QED) is 0.0557. The van der Waals surface area contributed by atoms with E-state index in [9.17, 15) is 24.3 Å². The van der Waals surface area contributed by atoms with E-state index in [4.69, 9.17) is 4.74 Å². The van der Waals surface area contributed by atoms with Crippen molar-refractivity contribution in [1.29, 1.82) is 0 Å². The first-order valence-corrected chi connectivity index (χ1v) is 23.5. The number of carbonyl (C=O) groups is 4. The van der Waals surface area contributed by atoms with Crippen molar-refractivity contribution in [2.45, 2.75) is 97.9 Å². The molecule has 3 N–H and O–H groups in total. The molecule has 6 rings (SSSR count). The van der Waals surface area contributed by atoms with Crippen LogP contribution >= 0.6 is 11.3 Å². The second-order valence-corrected chi connectivity index (χ2v) is 18.6. The van der Waals surface area contributed by atoms with Gasteiger partial charge in [-0.05, 0) is 82.7 Å². The lowest BCUT2D eigenvalue weighted by atomic mass is 9.85. The third-order valence-electron chi connectivity index (χ3n) is 11.9. The summed E-state index contributed by atoms with van der Waals surface area (Å²) in [5.41, 5.74) is 9.96. The zero-order valence-corrected chi connectivity index (χ0v) is 39.3. The molecule has 0 aliphatic carbocycles. The standard InChI is InChI=1S/C53H63N5O6S/c1-7-44(38-16-10-8-11-17-38)48(39-18-12-9-13-19-39)40-26-28-43(29-27-40)64-31-30-57(6)47(61)21-15-14-20-46(60)56-50(53(3,4)5)52(63)58-34-42(59)32-45(58)51(62)54-33-37-22-24-41(25-23-37)49-36(2)55-35-65-49/h8-13,16-19,22-29,35,42,45,50,59H,7,14-15,20-21,30-34H2,1-6H3,(H,54,62)(H,56,60)/b48-44-/t42-,45+,50-/m1/s1. The SMILES string of the molecule is CC/C(=C(\c1ccccc1)c1ccc(OCCN(C)C(=O)CCCCC(=O)N[C@H](C(=O)N2C[C@H](O)C[C@H]2C(=O)NCc2ccc(-c3scnc3C)cc2)C(C)(C)C)cc1)c1ccccc1. The third kappa shape index (κ3) is 13.0. The maximum Gasteiger partial charge on any atom is 0.246 e. The van der Waals surface area contributed by atoms with E-state index in [1.807, 2.05) is 81.7 Å². The summed E-state index contributed by atoms with van der Waals surface area (Å²) in [6, 6.07) is 35.1. The number of aliphatic hydroxyl groups is 1. The molecule has 1 aliphatic heterocycles. The van der Waals surface area contributed by atoms with E-state index in [0.29, 0.717) is 26.0 Å². The van der Waals surface area contributed by atoms with Gasteiger partial charge in [-0.25, -0.2) is 4.98 Å². The van der Waals surface area contributed by atoms with Crippen molar-refractivity contribution in [1.82, 2.24) is 25.4 Å². The van der Waals surface area contributed by atoms with Crippen LogP contribution < -0.4 is 15.4 Å². The van der Waals surface area contributed by atoms with Gasteiger partial charge in [0.05, 0.1) is 28.7 Å². The molecule has 1 aliphatic rings. The van der Waals surface area contributed by atoms with Gasteiger partial charge in [-0.15, -0.1) is 11.3 Å². The Morgan fingerprint density at radius 2 is 1.51 bits per heavy atom. The molecule has 3 atom stereocenters. The number of β-amino-alcohol motifs (C(OH)–C–C–N with tert-alkyl or cyclic N) is 1. The zero-order valence-electron chi connectivity index (χ0n) is 38.5. The van der Waals surface area contributed by atoms with Crippen molar-refractivity contribution in [3.05, 3.63) is 143 Å². The van der Waals surface area contributed by atoms with Gasteiger partial charge < -0.3 is 30.3 Å². The van der Waals surface area contributed by atoms with E-state index < -0.39 is 29.5 Å². The normalized spacial score (nSPS) is 15.8. The molecule has 65 heavy (non-hydrogen) atoms. The molecule has 0 unspecified atom stereocenters. The molecule has 5 aromatic rings. The lowest BCUT2D eigenvalue weighted by molar-refractivity contribution is -0.144. The number of aromatic nitrogens is 1.